The normalized spacial score (nSPS) is 10.3. The van der Waals surface area contributed by atoms with Crippen LogP contribution in [-0.2, 0) is 0 Å². The van der Waals surface area contributed by atoms with Crippen LogP contribution in [0.2, 0.25) is 0 Å². The molecule has 88 valence electrons. The predicted molar refractivity (Wildman–Crippen MR) is 71.8 cm³/mol. The lowest BCUT2D eigenvalue weighted by Crippen LogP contribution is -2.10. The highest BCUT2D eigenvalue weighted by molar-refractivity contribution is 9.10. The number of hydrogen-bond acceptors (Lipinski definition) is 3. The van der Waals surface area contributed by atoms with E-state index in [1.165, 1.54) is 6.07 Å². The summed E-state index contributed by atoms with van der Waals surface area (Å²) in [6.07, 6.45) is 0. The van der Waals surface area contributed by atoms with Crippen LogP contribution in [0.5, 0.6) is 0 Å². The molecule has 0 radical (unpaired) electrons. The summed E-state index contributed by atoms with van der Waals surface area (Å²) in [6.45, 7) is 3.79. The van der Waals surface area contributed by atoms with E-state index < -0.39 is 0 Å². The Morgan fingerprint density at radius 1 is 1.29 bits per heavy atom. The molecule has 0 aliphatic rings. The molecule has 0 unspecified atom stereocenters. The van der Waals surface area contributed by atoms with Gasteiger partial charge in [0.05, 0.1) is 0 Å². The number of anilines is 2. The van der Waals surface area contributed by atoms with Crippen molar-refractivity contribution in [3.63, 3.8) is 0 Å². The van der Waals surface area contributed by atoms with Crippen LogP contribution in [0, 0.1) is 13.8 Å². The van der Waals surface area contributed by atoms with Crippen LogP contribution in [-0.4, -0.2) is 9.97 Å². The SMILES string of the molecule is Cc1cc(=O)[nH]c(Nc2ccc(Br)c(C)c2)n1. The first kappa shape index (κ1) is 11.9. The largest absolute Gasteiger partial charge is 0.326 e. The van der Waals surface area contributed by atoms with Gasteiger partial charge >= 0.3 is 0 Å². The first-order valence-corrected chi connectivity index (χ1v) is 5.95. The number of aromatic amines is 1. The molecule has 4 nitrogen and oxygen atoms in total. The fraction of sp³-hybridized carbons (Fsp3) is 0.167. The Bertz CT molecular complexity index is 607. The van der Waals surface area contributed by atoms with Gasteiger partial charge in [0, 0.05) is 21.9 Å². The molecule has 17 heavy (non-hydrogen) atoms. The van der Waals surface area contributed by atoms with Gasteiger partial charge in [-0.2, -0.15) is 0 Å². The molecule has 0 aliphatic heterocycles. The molecule has 0 saturated heterocycles. The highest BCUT2D eigenvalue weighted by atomic mass is 79.9. The Balaban J connectivity index is 2.31. The third-order valence-electron chi connectivity index (χ3n) is 2.29. The Hall–Kier alpha value is -1.62. The molecule has 1 aromatic carbocycles. The highest BCUT2D eigenvalue weighted by Crippen LogP contribution is 2.21. The number of hydrogen-bond donors (Lipinski definition) is 2. The molecule has 0 spiro atoms. The van der Waals surface area contributed by atoms with Crippen LogP contribution in [0.15, 0.2) is 33.5 Å². The van der Waals surface area contributed by atoms with E-state index in [4.69, 9.17) is 0 Å². The van der Waals surface area contributed by atoms with E-state index in [-0.39, 0.29) is 5.56 Å². The molecule has 0 aliphatic carbocycles. The first-order valence-electron chi connectivity index (χ1n) is 5.16. The van der Waals surface area contributed by atoms with Crippen molar-refractivity contribution < 1.29 is 0 Å². The third kappa shape index (κ3) is 2.94. The molecule has 0 fully saturated rings. The first-order chi connectivity index (χ1) is 8.04. The van der Waals surface area contributed by atoms with Gasteiger partial charge in [-0.15, -0.1) is 0 Å². The zero-order valence-electron chi connectivity index (χ0n) is 9.54. The van der Waals surface area contributed by atoms with Gasteiger partial charge in [0.15, 0.2) is 0 Å². The van der Waals surface area contributed by atoms with Gasteiger partial charge in [0.25, 0.3) is 5.56 Å². The quantitative estimate of drug-likeness (QED) is 0.895. The van der Waals surface area contributed by atoms with E-state index in [1.807, 2.05) is 25.1 Å². The fourth-order valence-electron chi connectivity index (χ4n) is 1.50. The lowest BCUT2D eigenvalue weighted by atomic mass is 10.2. The fourth-order valence-corrected chi connectivity index (χ4v) is 1.74. The smallest absolute Gasteiger partial charge is 0.252 e. The maximum Gasteiger partial charge on any atom is 0.252 e. The van der Waals surface area contributed by atoms with Crippen LogP contribution >= 0.6 is 15.9 Å². The van der Waals surface area contributed by atoms with Crippen LogP contribution in [0.25, 0.3) is 0 Å². The standard InChI is InChI=1S/C12H12BrN3O/c1-7-5-9(3-4-10(7)13)15-12-14-8(2)6-11(17)16-12/h3-6H,1-2H3,(H2,14,15,16,17). The monoisotopic (exact) mass is 293 g/mol. The summed E-state index contributed by atoms with van der Waals surface area (Å²) >= 11 is 3.44. The molecule has 1 heterocycles. The van der Waals surface area contributed by atoms with E-state index >= 15 is 0 Å². The van der Waals surface area contributed by atoms with E-state index in [2.05, 4.69) is 31.2 Å². The summed E-state index contributed by atoms with van der Waals surface area (Å²) < 4.78 is 1.05. The van der Waals surface area contributed by atoms with Crippen molar-refractivity contribution in [1.29, 1.82) is 0 Å². The highest BCUT2D eigenvalue weighted by Gasteiger charge is 2.00. The zero-order valence-corrected chi connectivity index (χ0v) is 11.1. The average molecular weight is 294 g/mol. The second kappa shape index (κ2) is 4.71. The lowest BCUT2D eigenvalue weighted by molar-refractivity contribution is 1.07. The number of aromatic nitrogens is 2. The molecule has 0 bridgehead atoms. The number of H-pyrrole nitrogens is 1. The Labute approximate surface area is 107 Å². The van der Waals surface area contributed by atoms with E-state index in [0.29, 0.717) is 11.6 Å². The molecular weight excluding hydrogens is 282 g/mol. The van der Waals surface area contributed by atoms with Crippen molar-refractivity contribution >= 4 is 27.6 Å². The van der Waals surface area contributed by atoms with Gasteiger partial charge in [-0.25, -0.2) is 4.98 Å². The van der Waals surface area contributed by atoms with Crippen LogP contribution in [0.3, 0.4) is 0 Å². The molecule has 2 N–H and O–H groups in total. The van der Waals surface area contributed by atoms with Crippen molar-refractivity contribution in [2.75, 3.05) is 5.32 Å². The molecular formula is C12H12BrN3O. The average Bonchev–Trinajstić information content (AvgIpc) is 2.22. The zero-order chi connectivity index (χ0) is 12.4. The molecule has 0 amide bonds. The Morgan fingerprint density at radius 2 is 2.06 bits per heavy atom. The molecule has 1 aromatic heterocycles. The van der Waals surface area contributed by atoms with Gasteiger partial charge in [-0.1, -0.05) is 15.9 Å². The van der Waals surface area contributed by atoms with Crippen molar-refractivity contribution in [3.8, 4) is 0 Å². The van der Waals surface area contributed by atoms with Crippen molar-refractivity contribution in [2.45, 2.75) is 13.8 Å². The Kier molecular flexibility index (Phi) is 3.28. The van der Waals surface area contributed by atoms with Crippen molar-refractivity contribution in [2.24, 2.45) is 0 Å². The summed E-state index contributed by atoms with van der Waals surface area (Å²) in [7, 11) is 0. The third-order valence-corrected chi connectivity index (χ3v) is 3.18. The molecule has 0 atom stereocenters. The molecule has 2 aromatic rings. The molecule has 0 saturated carbocycles. The van der Waals surface area contributed by atoms with E-state index in [1.54, 1.807) is 6.92 Å². The lowest BCUT2D eigenvalue weighted by Gasteiger charge is -2.07. The van der Waals surface area contributed by atoms with E-state index in [0.717, 1.165) is 15.7 Å². The maximum absolute atomic E-state index is 11.3. The second-order valence-electron chi connectivity index (χ2n) is 3.82. The summed E-state index contributed by atoms with van der Waals surface area (Å²) in [4.78, 5) is 18.1. The van der Waals surface area contributed by atoms with Crippen LogP contribution in [0.4, 0.5) is 11.6 Å². The van der Waals surface area contributed by atoms with Gasteiger partial charge in [-0.05, 0) is 37.6 Å². The Morgan fingerprint density at radius 3 is 2.71 bits per heavy atom. The molecule has 5 heteroatoms. The number of nitrogens with zero attached hydrogens (tertiary/aromatic N) is 1. The second-order valence-corrected chi connectivity index (χ2v) is 4.68. The van der Waals surface area contributed by atoms with Gasteiger partial charge in [-0.3, -0.25) is 9.78 Å². The van der Waals surface area contributed by atoms with Crippen molar-refractivity contribution in [1.82, 2.24) is 9.97 Å². The van der Waals surface area contributed by atoms with Crippen LogP contribution in [0.1, 0.15) is 11.3 Å². The minimum absolute atomic E-state index is 0.158. The van der Waals surface area contributed by atoms with Gasteiger partial charge in [0.2, 0.25) is 5.95 Å². The maximum atomic E-state index is 11.3. The number of benzene rings is 1. The summed E-state index contributed by atoms with van der Waals surface area (Å²) in [5.74, 6) is 0.455. The minimum Gasteiger partial charge on any atom is -0.326 e. The summed E-state index contributed by atoms with van der Waals surface area (Å²) in [5, 5.41) is 3.07. The van der Waals surface area contributed by atoms with Crippen molar-refractivity contribution in [3.05, 3.63) is 50.3 Å². The van der Waals surface area contributed by atoms with E-state index in [9.17, 15) is 4.79 Å². The minimum atomic E-state index is -0.158. The number of rotatable bonds is 2. The van der Waals surface area contributed by atoms with Gasteiger partial charge in [0.1, 0.15) is 0 Å². The van der Waals surface area contributed by atoms with Crippen LogP contribution < -0.4 is 10.9 Å². The number of aryl methyl sites for hydroxylation is 2. The topological polar surface area (TPSA) is 57.8 Å². The number of halogens is 1. The number of nitrogens with one attached hydrogen (secondary N) is 2. The summed E-state index contributed by atoms with van der Waals surface area (Å²) in [6, 6.07) is 7.30. The molecule has 2 rings (SSSR count). The predicted octanol–water partition coefficient (Wildman–Crippen LogP) is 2.89. The summed E-state index contributed by atoms with van der Waals surface area (Å²) in [5.41, 5.74) is 2.53. The van der Waals surface area contributed by atoms with Gasteiger partial charge < -0.3 is 5.32 Å².